The highest BCUT2D eigenvalue weighted by molar-refractivity contribution is 5.78. The molecule has 0 atom stereocenters. The largest absolute Gasteiger partial charge is 0.396 e. The molecular weight excluding hydrogens is 204 g/mol. The minimum absolute atomic E-state index is 0.0520. The lowest BCUT2D eigenvalue weighted by Crippen LogP contribution is -2.08. The maximum Gasteiger partial charge on any atom is 0.136 e. The molecule has 16 heavy (non-hydrogen) atoms. The Labute approximate surface area is 96.3 Å². The van der Waals surface area contributed by atoms with Crippen LogP contribution < -0.4 is 0 Å². The van der Waals surface area contributed by atoms with Crippen LogP contribution >= 0.6 is 0 Å². The van der Waals surface area contributed by atoms with Crippen LogP contribution in [-0.2, 0) is 24.2 Å². The summed E-state index contributed by atoms with van der Waals surface area (Å²) in [5.41, 5.74) is 1.08. The molecule has 1 aromatic heterocycles. The van der Waals surface area contributed by atoms with Gasteiger partial charge in [-0.2, -0.15) is 0 Å². The monoisotopic (exact) mass is 224 g/mol. The molecule has 0 saturated carbocycles. The van der Waals surface area contributed by atoms with E-state index in [2.05, 4.69) is 18.8 Å². The zero-order chi connectivity index (χ0) is 12.0. The minimum Gasteiger partial charge on any atom is -0.396 e. The number of carbonyl (C=O) groups is 1. The molecule has 4 heteroatoms. The SMILES string of the molecule is CCc1cn(CCC(=O)CCO)c(CC)n1. The Morgan fingerprint density at radius 3 is 2.69 bits per heavy atom. The van der Waals surface area contributed by atoms with Crippen LogP contribution in [0.25, 0.3) is 0 Å². The van der Waals surface area contributed by atoms with Crippen molar-refractivity contribution in [3.8, 4) is 0 Å². The van der Waals surface area contributed by atoms with Gasteiger partial charge in [-0.15, -0.1) is 0 Å². The Hall–Kier alpha value is -1.16. The summed E-state index contributed by atoms with van der Waals surface area (Å²) in [4.78, 5) is 15.8. The van der Waals surface area contributed by atoms with E-state index in [0.29, 0.717) is 13.0 Å². The first kappa shape index (κ1) is 12.9. The summed E-state index contributed by atoms with van der Waals surface area (Å²) in [5, 5.41) is 8.64. The third-order valence-corrected chi connectivity index (χ3v) is 2.61. The first-order valence-corrected chi connectivity index (χ1v) is 5.88. The molecule has 0 aliphatic rings. The predicted octanol–water partition coefficient (Wildman–Crippen LogP) is 1.35. The number of ketones is 1. The van der Waals surface area contributed by atoms with Crippen LogP contribution in [0.4, 0.5) is 0 Å². The van der Waals surface area contributed by atoms with Crippen molar-refractivity contribution in [2.75, 3.05) is 6.61 Å². The lowest BCUT2D eigenvalue weighted by molar-refractivity contribution is -0.119. The molecule has 0 aliphatic heterocycles. The molecule has 4 nitrogen and oxygen atoms in total. The van der Waals surface area contributed by atoms with Gasteiger partial charge in [-0.25, -0.2) is 4.98 Å². The molecule has 0 aliphatic carbocycles. The highest BCUT2D eigenvalue weighted by Gasteiger charge is 2.07. The van der Waals surface area contributed by atoms with E-state index >= 15 is 0 Å². The number of hydrogen-bond donors (Lipinski definition) is 1. The normalized spacial score (nSPS) is 10.7. The highest BCUT2D eigenvalue weighted by atomic mass is 16.3. The van der Waals surface area contributed by atoms with Gasteiger partial charge in [-0.1, -0.05) is 13.8 Å². The Balaban J connectivity index is 2.58. The molecule has 0 aromatic carbocycles. The van der Waals surface area contributed by atoms with Crippen molar-refractivity contribution in [1.82, 2.24) is 9.55 Å². The van der Waals surface area contributed by atoms with E-state index in [1.165, 1.54) is 0 Å². The second kappa shape index (κ2) is 6.43. The van der Waals surface area contributed by atoms with E-state index in [1.807, 2.05) is 10.8 Å². The van der Waals surface area contributed by atoms with Crippen LogP contribution in [0.3, 0.4) is 0 Å². The lowest BCUT2D eigenvalue weighted by Gasteiger charge is -2.04. The zero-order valence-corrected chi connectivity index (χ0v) is 10.1. The topological polar surface area (TPSA) is 55.1 Å². The molecule has 0 unspecified atom stereocenters. The number of hydrogen-bond acceptors (Lipinski definition) is 3. The fraction of sp³-hybridized carbons (Fsp3) is 0.667. The van der Waals surface area contributed by atoms with Gasteiger partial charge in [0.2, 0.25) is 0 Å². The molecule has 0 fully saturated rings. The molecular formula is C12H20N2O2. The van der Waals surface area contributed by atoms with Gasteiger partial charge in [0.05, 0.1) is 5.69 Å². The molecule has 0 saturated heterocycles. The maximum absolute atomic E-state index is 11.3. The molecule has 1 rings (SSSR count). The molecule has 0 bridgehead atoms. The summed E-state index contributed by atoms with van der Waals surface area (Å²) in [7, 11) is 0. The number of Topliss-reactive ketones (excluding diaryl/α,β-unsaturated/α-hetero) is 1. The van der Waals surface area contributed by atoms with Gasteiger partial charge in [0.15, 0.2) is 0 Å². The van der Waals surface area contributed by atoms with Crippen LogP contribution in [0.5, 0.6) is 0 Å². The number of aliphatic hydroxyl groups excluding tert-OH is 1. The van der Waals surface area contributed by atoms with Crippen molar-refractivity contribution in [1.29, 1.82) is 0 Å². The number of rotatable bonds is 7. The fourth-order valence-electron chi connectivity index (χ4n) is 1.65. The Kier molecular flexibility index (Phi) is 5.19. The summed E-state index contributed by atoms with van der Waals surface area (Å²) in [6, 6.07) is 0. The van der Waals surface area contributed by atoms with Crippen molar-refractivity contribution < 1.29 is 9.90 Å². The van der Waals surface area contributed by atoms with Gasteiger partial charge >= 0.3 is 0 Å². The van der Waals surface area contributed by atoms with Gasteiger partial charge in [0, 0.05) is 38.6 Å². The number of imidazole rings is 1. The summed E-state index contributed by atoms with van der Waals surface area (Å²) >= 11 is 0. The van der Waals surface area contributed by atoms with Crippen molar-refractivity contribution in [2.45, 2.75) is 46.1 Å². The number of aryl methyl sites for hydroxylation is 3. The quantitative estimate of drug-likeness (QED) is 0.760. The minimum atomic E-state index is -0.0520. The smallest absolute Gasteiger partial charge is 0.136 e. The van der Waals surface area contributed by atoms with Crippen LogP contribution in [0.15, 0.2) is 6.20 Å². The molecule has 1 heterocycles. The Bertz CT molecular complexity index is 345. The van der Waals surface area contributed by atoms with Crippen molar-refractivity contribution in [3.63, 3.8) is 0 Å². The van der Waals surface area contributed by atoms with Gasteiger partial charge in [-0.05, 0) is 6.42 Å². The third-order valence-electron chi connectivity index (χ3n) is 2.61. The van der Waals surface area contributed by atoms with Gasteiger partial charge < -0.3 is 9.67 Å². The maximum atomic E-state index is 11.3. The van der Waals surface area contributed by atoms with E-state index in [4.69, 9.17) is 5.11 Å². The second-order valence-corrected chi connectivity index (χ2v) is 3.81. The highest BCUT2D eigenvalue weighted by Crippen LogP contribution is 2.07. The van der Waals surface area contributed by atoms with Crippen LogP contribution in [-0.4, -0.2) is 27.0 Å². The van der Waals surface area contributed by atoms with E-state index in [-0.39, 0.29) is 18.8 Å². The summed E-state index contributed by atoms with van der Waals surface area (Å²) in [6.07, 6.45) is 4.56. The zero-order valence-electron chi connectivity index (χ0n) is 10.1. The number of nitrogens with zero attached hydrogens (tertiary/aromatic N) is 2. The van der Waals surface area contributed by atoms with Crippen molar-refractivity contribution in [2.24, 2.45) is 0 Å². The summed E-state index contributed by atoms with van der Waals surface area (Å²) in [6.45, 7) is 4.76. The van der Waals surface area contributed by atoms with Crippen LogP contribution in [0, 0.1) is 0 Å². The summed E-state index contributed by atoms with van der Waals surface area (Å²) < 4.78 is 2.05. The van der Waals surface area contributed by atoms with E-state index in [9.17, 15) is 4.79 Å². The Morgan fingerprint density at radius 1 is 1.38 bits per heavy atom. The first-order valence-electron chi connectivity index (χ1n) is 5.88. The number of carbonyl (C=O) groups excluding carboxylic acids is 1. The first-order chi connectivity index (χ1) is 7.71. The van der Waals surface area contributed by atoms with Crippen molar-refractivity contribution >= 4 is 5.78 Å². The molecule has 0 amide bonds. The average Bonchev–Trinajstić information content (AvgIpc) is 2.69. The van der Waals surface area contributed by atoms with E-state index < -0.39 is 0 Å². The Morgan fingerprint density at radius 2 is 2.12 bits per heavy atom. The molecule has 1 aromatic rings. The fourth-order valence-corrected chi connectivity index (χ4v) is 1.65. The molecule has 1 N–H and O–H groups in total. The van der Waals surface area contributed by atoms with Crippen LogP contribution in [0.1, 0.15) is 38.2 Å². The number of aromatic nitrogens is 2. The second-order valence-electron chi connectivity index (χ2n) is 3.81. The van der Waals surface area contributed by atoms with E-state index in [1.54, 1.807) is 0 Å². The standard InChI is InChI=1S/C12H20N2O2/c1-3-10-9-14(12(4-2)13-10)7-5-11(16)6-8-15/h9,15H,3-8H2,1-2H3. The van der Waals surface area contributed by atoms with Crippen LogP contribution in [0.2, 0.25) is 0 Å². The third kappa shape index (κ3) is 3.45. The molecule has 0 spiro atoms. The number of aliphatic hydroxyl groups is 1. The van der Waals surface area contributed by atoms with Gasteiger partial charge in [0.25, 0.3) is 0 Å². The molecule has 90 valence electrons. The summed E-state index contributed by atoms with van der Waals surface area (Å²) in [5.74, 6) is 1.14. The average molecular weight is 224 g/mol. The van der Waals surface area contributed by atoms with Gasteiger partial charge in [-0.3, -0.25) is 4.79 Å². The van der Waals surface area contributed by atoms with Gasteiger partial charge in [0.1, 0.15) is 11.6 Å². The predicted molar refractivity (Wildman–Crippen MR) is 62.3 cm³/mol. The van der Waals surface area contributed by atoms with E-state index in [0.717, 1.165) is 24.4 Å². The van der Waals surface area contributed by atoms with Crippen molar-refractivity contribution in [3.05, 3.63) is 17.7 Å². The molecule has 0 radical (unpaired) electrons. The lowest BCUT2D eigenvalue weighted by atomic mass is 10.2.